The molecule has 0 aliphatic heterocycles. The van der Waals surface area contributed by atoms with E-state index in [4.69, 9.17) is 5.11 Å². The maximum Gasteiger partial charge on any atom is 0.303 e. The van der Waals surface area contributed by atoms with E-state index in [1.54, 1.807) is 0 Å². The number of hydrogen-bond donors (Lipinski definition) is 1. The van der Waals surface area contributed by atoms with Crippen molar-refractivity contribution in [2.24, 2.45) is 11.8 Å². The van der Waals surface area contributed by atoms with Crippen LogP contribution in [0.15, 0.2) is 0 Å². The summed E-state index contributed by atoms with van der Waals surface area (Å²) in [7, 11) is 2.06. The Labute approximate surface area is 87.1 Å². The summed E-state index contributed by atoms with van der Waals surface area (Å²) in [6.45, 7) is 8.32. The molecule has 3 nitrogen and oxygen atoms in total. The van der Waals surface area contributed by atoms with Crippen molar-refractivity contribution in [1.82, 2.24) is 4.90 Å². The van der Waals surface area contributed by atoms with Crippen LogP contribution < -0.4 is 0 Å². The van der Waals surface area contributed by atoms with Gasteiger partial charge in [-0.25, -0.2) is 0 Å². The third-order valence-electron chi connectivity index (χ3n) is 2.23. The molecule has 0 amide bonds. The van der Waals surface area contributed by atoms with Crippen LogP contribution in [-0.4, -0.2) is 36.1 Å². The molecule has 1 unspecified atom stereocenters. The van der Waals surface area contributed by atoms with Gasteiger partial charge in [0.15, 0.2) is 0 Å². The second-order valence-corrected chi connectivity index (χ2v) is 4.65. The summed E-state index contributed by atoms with van der Waals surface area (Å²) in [5.41, 5.74) is 0. The Bertz CT molecular complexity index is 169. The average molecular weight is 201 g/mol. The highest BCUT2D eigenvalue weighted by Crippen LogP contribution is 2.06. The highest BCUT2D eigenvalue weighted by atomic mass is 16.4. The predicted octanol–water partition coefficient (Wildman–Crippen LogP) is 2.08. The molecule has 14 heavy (non-hydrogen) atoms. The number of carboxylic acids is 1. The lowest BCUT2D eigenvalue weighted by atomic mass is 10.1. The molecular weight excluding hydrogens is 178 g/mol. The molecule has 0 aromatic carbocycles. The van der Waals surface area contributed by atoms with Crippen molar-refractivity contribution in [3.8, 4) is 0 Å². The number of rotatable bonds is 7. The number of carboxylic acid groups (broad SMARTS) is 1. The second-order valence-electron chi connectivity index (χ2n) is 4.65. The minimum Gasteiger partial charge on any atom is -0.481 e. The summed E-state index contributed by atoms with van der Waals surface area (Å²) < 4.78 is 0. The molecule has 0 heterocycles. The maximum absolute atomic E-state index is 10.4. The molecule has 84 valence electrons. The lowest BCUT2D eigenvalue weighted by molar-refractivity contribution is -0.138. The summed E-state index contributed by atoms with van der Waals surface area (Å²) in [6, 6.07) is 0. The molecule has 0 aromatic rings. The zero-order valence-electron chi connectivity index (χ0n) is 9.79. The SMILES string of the molecule is CC(C)CCN(C)CC(C)CC(=O)O. The first kappa shape index (κ1) is 13.4. The third kappa shape index (κ3) is 8.05. The van der Waals surface area contributed by atoms with Crippen LogP contribution in [0.5, 0.6) is 0 Å². The standard InChI is InChI=1S/C11H23NO2/c1-9(2)5-6-12(4)8-10(3)7-11(13)14/h9-10H,5-8H2,1-4H3,(H,13,14). The topological polar surface area (TPSA) is 40.5 Å². The summed E-state index contributed by atoms with van der Waals surface area (Å²) in [4.78, 5) is 12.7. The van der Waals surface area contributed by atoms with E-state index in [0.29, 0.717) is 5.92 Å². The van der Waals surface area contributed by atoms with Crippen molar-refractivity contribution in [3.63, 3.8) is 0 Å². The van der Waals surface area contributed by atoms with Crippen molar-refractivity contribution < 1.29 is 9.90 Å². The van der Waals surface area contributed by atoms with Gasteiger partial charge in [-0.05, 0) is 31.8 Å². The Morgan fingerprint density at radius 3 is 2.36 bits per heavy atom. The molecule has 0 rings (SSSR count). The van der Waals surface area contributed by atoms with Crippen molar-refractivity contribution in [2.75, 3.05) is 20.1 Å². The van der Waals surface area contributed by atoms with Gasteiger partial charge < -0.3 is 10.0 Å². The molecular formula is C11H23NO2. The van der Waals surface area contributed by atoms with E-state index in [1.165, 1.54) is 6.42 Å². The van der Waals surface area contributed by atoms with E-state index >= 15 is 0 Å². The van der Waals surface area contributed by atoms with Crippen molar-refractivity contribution in [1.29, 1.82) is 0 Å². The minimum absolute atomic E-state index is 0.240. The largest absolute Gasteiger partial charge is 0.481 e. The van der Waals surface area contributed by atoms with Crippen LogP contribution in [0.1, 0.15) is 33.6 Å². The monoisotopic (exact) mass is 201 g/mol. The maximum atomic E-state index is 10.4. The predicted molar refractivity (Wildman–Crippen MR) is 58.4 cm³/mol. The molecule has 0 saturated carbocycles. The van der Waals surface area contributed by atoms with Crippen molar-refractivity contribution >= 4 is 5.97 Å². The van der Waals surface area contributed by atoms with E-state index in [2.05, 4.69) is 25.8 Å². The summed E-state index contributed by atoms with van der Waals surface area (Å²) in [5.74, 6) is 0.256. The Hall–Kier alpha value is -0.570. The molecule has 0 radical (unpaired) electrons. The fraction of sp³-hybridized carbons (Fsp3) is 0.909. The van der Waals surface area contributed by atoms with Crippen LogP contribution in [-0.2, 0) is 4.79 Å². The Balaban J connectivity index is 3.59. The van der Waals surface area contributed by atoms with Crippen molar-refractivity contribution in [3.05, 3.63) is 0 Å². The highest BCUT2D eigenvalue weighted by Gasteiger charge is 2.10. The Morgan fingerprint density at radius 1 is 1.36 bits per heavy atom. The van der Waals surface area contributed by atoms with Gasteiger partial charge in [-0.15, -0.1) is 0 Å². The van der Waals surface area contributed by atoms with E-state index in [1.807, 2.05) is 6.92 Å². The molecule has 0 fully saturated rings. The van der Waals surface area contributed by atoms with E-state index in [-0.39, 0.29) is 12.3 Å². The first-order valence-corrected chi connectivity index (χ1v) is 5.32. The van der Waals surface area contributed by atoms with Gasteiger partial charge in [-0.1, -0.05) is 20.8 Å². The summed E-state index contributed by atoms with van der Waals surface area (Å²) in [6.07, 6.45) is 1.45. The lowest BCUT2D eigenvalue weighted by Crippen LogP contribution is -2.27. The van der Waals surface area contributed by atoms with Crippen LogP contribution in [0.2, 0.25) is 0 Å². The van der Waals surface area contributed by atoms with E-state index in [9.17, 15) is 4.79 Å². The molecule has 0 bridgehead atoms. The first-order chi connectivity index (χ1) is 6.41. The van der Waals surface area contributed by atoms with Crippen molar-refractivity contribution in [2.45, 2.75) is 33.6 Å². The average Bonchev–Trinajstić information content (AvgIpc) is 1.98. The number of nitrogens with zero attached hydrogens (tertiary/aromatic N) is 1. The second kappa shape index (κ2) is 6.82. The van der Waals surface area contributed by atoms with Gasteiger partial charge in [0, 0.05) is 13.0 Å². The molecule has 0 aromatic heterocycles. The first-order valence-electron chi connectivity index (χ1n) is 5.32. The van der Waals surface area contributed by atoms with Gasteiger partial charge >= 0.3 is 5.97 Å². The smallest absolute Gasteiger partial charge is 0.303 e. The fourth-order valence-corrected chi connectivity index (χ4v) is 1.46. The molecule has 0 spiro atoms. The van der Waals surface area contributed by atoms with Gasteiger partial charge in [0.25, 0.3) is 0 Å². The quantitative estimate of drug-likeness (QED) is 0.685. The lowest BCUT2D eigenvalue weighted by Gasteiger charge is -2.21. The summed E-state index contributed by atoms with van der Waals surface area (Å²) in [5, 5.41) is 8.60. The van der Waals surface area contributed by atoms with Crippen LogP contribution in [0.25, 0.3) is 0 Å². The number of hydrogen-bond acceptors (Lipinski definition) is 2. The highest BCUT2D eigenvalue weighted by molar-refractivity contribution is 5.66. The van der Waals surface area contributed by atoms with Crippen LogP contribution in [0.4, 0.5) is 0 Å². The summed E-state index contributed by atoms with van der Waals surface area (Å²) >= 11 is 0. The van der Waals surface area contributed by atoms with Gasteiger partial charge in [0.1, 0.15) is 0 Å². The van der Waals surface area contributed by atoms with Gasteiger partial charge in [0.2, 0.25) is 0 Å². The molecule has 0 aliphatic carbocycles. The molecule has 1 atom stereocenters. The van der Waals surface area contributed by atoms with Gasteiger partial charge in [-0.2, -0.15) is 0 Å². The van der Waals surface area contributed by atoms with E-state index in [0.717, 1.165) is 13.1 Å². The van der Waals surface area contributed by atoms with Gasteiger partial charge in [0.05, 0.1) is 0 Å². The molecule has 3 heteroatoms. The molecule has 0 saturated heterocycles. The van der Waals surface area contributed by atoms with Crippen LogP contribution in [0.3, 0.4) is 0 Å². The van der Waals surface area contributed by atoms with Crippen LogP contribution in [0, 0.1) is 11.8 Å². The Morgan fingerprint density at radius 2 is 1.93 bits per heavy atom. The minimum atomic E-state index is -0.699. The zero-order chi connectivity index (χ0) is 11.1. The number of aliphatic carboxylic acids is 1. The molecule has 1 N–H and O–H groups in total. The fourth-order valence-electron chi connectivity index (χ4n) is 1.46. The van der Waals surface area contributed by atoms with E-state index < -0.39 is 5.97 Å². The zero-order valence-corrected chi connectivity index (χ0v) is 9.79. The molecule has 0 aliphatic rings. The normalized spacial score (nSPS) is 13.6. The number of carbonyl (C=O) groups is 1. The van der Waals surface area contributed by atoms with Gasteiger partial charge in [-0.3, -0.25) is 4.79 Å². The Kier molecular flexibility index (Phi) is 6.54. The third-order valence-corrected chi connectivity index (χ3v) is 2.23. The van der Waals surface area contributed by atoms with Crippen LogP contribution >= 0.6 is 0 Å².